The maximum atomic E-state index is 10.6. The smallest absolute Gasteiger partial charge is 0.251 e. The van der Waals surface area contributed by atoms with Crippen LogP contribution in [0.5, 0.6) is 0 Å². The summed E-state index contributed by atoms with van der Waals surface area (Å²) in [6.45, 7) is 2.07. The molecule has 2 N–H and O–H groups in total. The van der Waals surface area contributed by atoms with Crippen molar-refractivity contribution in [2.75, 3.05) is 0 Å². The third kappa shape index (κ3) is 4.15. The second kappa shape index (κ2) is 4.84. The Balaban J connectivity index is 2.75. The van der Waals surface area contributed by atoms with Crippen molar-refractivity contribution in [1.29, 1.82) is 0 Å². The van der Waals surface area contributed by atoms with Gasteiger partial charge in [0.1, 0.15) is 0 Å². The minimum Gasteiger partial charge on any atom is -0.251 e. The monoisotopic (exact) mass is 233 g/mol. The van der Waals surface area contributed by atoms with Crippen LogP contribution in [0.25, 0.3) is 0 Å². The van der Waals surface area contributed by atoms with E-state index in [1.165, 1.54) is 5.56 Å². The first-order chi connectivity index (χ1) is 6.51. The summed E-state index contributed by atoms with van der Waals surface area (Å²) in [6, 6.07) is 7.76. The summed E-state index contributed by atoms with van der Waals surface area (Å²) in [5.74, 6) is 0.343. The number of hydrogen-bond donors (Lipinski definition) is 2. The summed E-state index contributed by atoms with van der Waals surface area (Å²) >= 11 is 0. The van der Waals surface area contributed by atoms with Gasteiger partial charge in [0.2, 0.25) is 5.75 Å². The number of rotatable bonds is 3. The molecule has 0 saturated carbocycles. The van der Waals surface area contributed by atoms with Crippen LogP contribution in [0, 0.1) is 0 Å². The van der Waals surface area contributed by atoms with Gasteiger partial charge >= 0.3 is 9.05 Å². The van der Waals surface area contributed by atoms with E-state index in [4.69, 9.17) is 9.11 Å². The zero-order valence-electron chi connectivity index (χ0n) is 7.84. The van der Waals surface area contributed by atoms with Crippen LogP contribution in [0.4, 0.5) is 0 Å². The van der Waals surface area contributed by atoms with Gasteiger partial charge in [0.05, 0.1) is 0 Å². The van der Waals surface area contributed by atoms with Crippen molar-refractivity contribution in [2.24, 2.45) is 0 Å². The van der Waals surface area contributed by atoms with Gasteiger partial charge in [-0.2, -0.15) is 4.21 Å². The summed E-state index contributed by atoms with van der Waals surface area (Å²) in [7, 11) is -3.03. The lowest BCUT2D eigenvalue weighted by Crippen LogP contribution is -1.97. The van der Waals surface area contributed by atoms with Crippen molar-refractivity contribution >= 4 is 19.4 Å². The highest BCUT2D eigenvalue weighted by atomic mass is 32.9. The van der Waals surface area contributed by atoms with Crippen LogP contribution in [0.2, 0.25) is 0 Å². The van der Waals surface area contributed by atoms with Crippen molar-refractivity contribution in [3.05, 3.63) is 35.4 Å². The molecule has 0 aromatic heterocycles. The average Bonchev–Trinajstić information content (AvgIpc) is 2.14. The van der Waals surface area contributed by atoms with Gasteiger partial charge in [-0.1, -0.05) is 31.2 Å². The highest BCUT2D eigenvalue weighted by Gasteiger charge is 2.10. The molecule has 0 aliphatic rings. The van der Waals surface area contributed by atoms with Crippen LogP contribution in [0.1, 0.15) is 18.1 Å². The average molecular weight is 233 g/mol. The molecule has 0 bridgehead atoms. The van der Waals surface area contributed by atoms with Gasteiger partial charge in [0.25, 0.3) is 10.3 Å². The van der Waals surface area contributed by atoms with Crippen molar-refractivity contribution in [3.8, 4) is 0 Å². The standard InChI is InChI=1S/C9H12O3S2/c1-2-8-3-5-9(6-4-8)7-13-14(10,11)12/h3-6H,2,7H2,1H3,(H-,10,11,12)/p+1. The predicted octanol–water partition coefficient (Wildman–Crippen LogP) is 1.98. The molecule has 1 aromatic rings. The fourth-order valence-corrected chi connectivity index (χ4v) is 2.37. The van der Waals surface area contributed by atoms with E-state index in [0.717, 1.165) is 12.0 Å². The molecule has 0 spiro atoms. The lowest BCUT2D eigenvalue weighted by Gasteiger charge is -1.94. The second-order valence-electron chi connectivity index (χ2n) is 2.88. The van der Waals surface area contributed by atoms with Crippen LogP contribution in [-0.4, -0.2) is 13.3 Å². The molecule has 0 amide bonds. The summed E-state index contributed by atoms with van der Waals surface area (Å²) in [4.78, 5) is 0. The molecule has 1 rings (SSSR count). The Labute approximate surface area is 87.5 Å². The van der Waals surface area contributed by atoms with Gasteiger partial charge in [-0.05, 0) is 12.0 Å². The fourth-order valence-electron chi connectivity index (χ4n) is 1.02. The molecule has 3 nitrogen and oxygen atoms in total. The van der Waals surface area contributed by atoms with Crippen LogP contribution in [-0.2, 0) is 31.5 Å². The molecule has 0 heterocycles. The Hall–Kier alpha value is -0.490. The second-order valence-corrected chi connectivity index (χ2v) is 6.31. The topological polar surface area (TPSA) is 57.5 Å². The molecule has 5 heteroatoms. The lowest BCUT2D eigenvalue weighted by atomic mass is 10.1. The lowest BCUT2D eigenvalue weighted by molar-refractivity contribution is 0.450. The van der Waals surface area contributed by atoms with Gasteiger partial charge in [0.15, 0.2) is 0 Å². The Morgan fingerprint density at radius 3 is 2.14 bits per heavy atom. The summed E-state index contributed by atoms with van der Waals surface area (Å²) in [5, 5.41) is 0. The van der Waals surface area contributed by atoms with E-state index in [2.05, 4.69) is 6.92 Å². The Kier molecular flexibility index (Phi) is 4.00. The molecule has 0 radical (unpaired) electrons. The van der Waals surface area contributed by atoms with Crippen LogP contribution in [0.3, 0.4) is 0 Å². The number of benzene rings is 1. The minimum atomic E-state index is -3.67. The zero-order valence-corrected chi connectivity index (χ0v) is 9.48. The number of hydrogen-bond acceptors (Lipinski definition) is 1. The van der Waals surface area contributed by atoms with E-state index in [9.17, 15) is 4.21 Å². The van der Waals surface area contributed by atoms with E-state index >= 15 is 0 Å². The zero-order chi connectivity index (χ0) is 10.6. The van der Waals surface area contributed by atoms with Crippen molar-refractivity contribution in [2.45, 2.75) is 19.1 Å². The van der Waals surface area contributed by atoms with Gasteiger partial charge in [-0.25, -0.2) is 0 Å². The van der Waals surface area contributed by atoms with Gasteiger partial charge in [-0.15, -0.1) is 0 Å². The van der Waals surface area contributed by atoms with Crippen LogP contribution < -0.4 is 0 Å². The van der Waals surface area contributed by atoms with E-state index in [1.54, 1.807) is 0 Å². The highest BCUT2D eigenvalue weighted by molar-refractivity contribution is 8.33. The molecular formula is C9H13O3S2+. The quantitative estimate of drug-likeness (QED) is 0.785. The van der Waals surface area contributed by atoms with Crippen molar-refractivity contribution in [1.82, 2.24) is 0 Å². The molecule has 0 aliphatic heterocycles. The molecule has 0 fully saturated rings. The van der Waals surface area contributed by atoms with E-state index in [1.807, 2.05) is 24.3 Å². The molecule has 0 saturated heterocycles. The first-order valence-electron chi connectivity index (χ1n) is 4.22. The summed E-state index contributed by atoms with van der Waals surface area (Å²) in [5.41, 5.74) is 2.16. The van der Waals surface area contributed by atoms with Crippen LogP contribution >= 0.6 is 0 Å². The van der Waals surface area contributed by atoms with Crippen molar-refractivity contribution < 1.29 is 13.3 Å². The highest BCUT2D eigenvalue weighted by Crippen LogP contribution is 2.05. The normalized spacial score (nSPS) is 11.4. The fraction of sp³-hybridized carbons (Fsp3) is 0.333. The van der Waals surface area contributed by atoms with Crippen LogP contribution in [0.15, 0.2) is 24.3 Å². The van der Waals surface area contributed by atoms with Gasteiger partial charge < -0.3 is 0 Å². The van der Waals surface area contributed by atoms with Gasteiger partial charge in [0, 0.05) is 5.56 Å². The molecule has 0 aliphatic carbocycles. The largest absolute Gasteiger partial charge is 0.430 e. The predicted molar refractivity (Wildman–Crippen MR) is 60.3 cm³/mol. The van der Waals surface area contributed by atoms with E-state index < -0.39 is 9.05 Å². The van der Waals surface area contributed by atoms with Crippen molar-refractivity contribution in [3.63, 3.8) is 0 Å². The van der Waals surface area contributed by atoms with E-state index in [0.29, 0.717) is 16.1 Å². The molecule has 1 aromatic carbocycles. The first-order valence-corrected chi connectivity index (χ1v) is 7.20. The number of aryl methyl sites for hydroxylation is 1. The Morgan fingerprint density at radius 1 is 1.21 bits per heavy atom. The SMILES string of the molecule is CCc1ccc(C[S+]=S(=O)(O)O)cc1. The summed E-state index contributed by atoms with van der Waals surface area (Å²) < 4.78 is 27.8. The van der Waals surface area contributed by atoms with E-state index in [-0.39, 0.29) is 0 Å². The third-order valence-electron chi connectivity index (χ3n) is 1.81. The molecule has 0 unspecified atom stereocenters. The minimum absolute atomic E-state index is 0.343. The maximum absolute atomic E-state index is 10.6. The maximum Gasteiger partial charge on any atom is 0.430 e. The molecular weight excluding hydrogens is 220 g/mol. The molecule has 0 atom stereocenters. The Bertz CT molecular complexity index is 395. The summed E-state index contributed by atoms with van der Waals surface area (Å²) in [6.07, 6.45) is 0.976. The van der Waals surface area contributed by atoms with Gasteiger partial charge in [-0.3, -0.25) is 9.11 Å². The third-order valence-corrected chi connectivity index (χ3v) is 3.84. The first kappa shape index (κ1) is 11.6. The molecule has 78 valence electrons. The Morgan fingerprint density at radius 2 is 1.71 bits per heavy atom. The molecule has 14 heavy (non-hydrogen) atoms.